The molecule has 1 aromatic heterocycles. The third kappa shape index (κ3) is 5.17. The third-order valence-electron chi connectivity index (χ3n) is 5.26. The number of carbonyl (C=O) groups excluding carboxylic acids is 1. The van der Waals surface area contributed by atoms with Gasteiger partial charge in [0.25, 0.3) is 0 Å². The number of anilines is 1. The number of hydrogen-bond acceptors (Lipinski definition) is 6. The summed E-state index contributed by atoms with van der Waals surface area (Å²) in [6.45, 7) is 2.78. The summed E-state index contributed by atoms with van der Waals surface area (Å²) in [7, 11) is -3.20. The molecule has 4 rings (SSSR count). The fraction of sp³-hybridized carbons (Fsp3) is 0.364. The van der Waals surface area contributed by atoms with Crippen molar-refractivity contribution in [3.05, 3.63) is 60.2 Å². The Balaban J connectivity index is 1.23. The Kier molecular flexibility index (Phi) is 6.34. The maximum absolute atomic E-state index is 12.5. The van der Waals surface area contributed by atoms with Crippen LogP contribution in [0.15, 0.2) is 54.6 Å². The molecule has 2 heterocycles. The van der Waals surface area contributed by atoms with E-state index in [1.54, 1.807) is 11.3 Å². The number of rotatable bonds is 7. The van der Waals surface area contributed by atoms with Gasteiger partial charge in [-0.1, -0.05) is 53.8 Å². The van der Waals surface area contributed by atoms with Crippen molar-refractivity contribution < 1.29 is 13.2 Å². The zero-order chi connectivity index (χ0) is 21.0. The predicted octanol–water partition coefficient (Wildman–Crippen LogP) is 3.34. The van der Waals surface area contributed by atoms with Crippen LogP contribution in [-0.2, 0) is 20.4 Å². The van der Waals surface area contributed by atoms with Crippen LogP contribution in [0.2, 0.25) is 0 Å². The number of fused-ring (bicyclic) bond motifs is 1. The van der Waals surface area contributed by atoms with Gasteiger partial charge in [0.15, 0.2) is 15.0 Å². The molecular weight excluding hydrogens is 418 g/mol. The van der Waals surface area contributed by atoms with Gasteiger partial charge in [0, 0.05) is 32.6 Å². The first-order valence-electron chi connectivity index (χ1n) is 10.1. The van der Waals surface area contributed by atoms with E-state index in [1.165, 1.54) is 4.70 Å². The van der Waals surface area contributed by atoms with Gasteiger partial charge < -0.3 is 9.80 Å². The molecular formula is C22H25N3O3S2. The summed E-state index contributed by atoms with van der Waals surface area (Å²) in [5, 5.41) is 0.996. The normalized spacial score (nSPS) is 14.9. The molecule has 30 heavy (non-hydrogen) atoms. The van der Waals surface area contributed by atoms with Crippen molar-refractivity contribution in [3.63, 3.8) is 0 Å². The van der Waals surface area contributed by atoms with Crippen molar-refractivity contribution in [2.75, 3.05) is 36.8 Å². The molecule has 1 amide bonds. The second kappa shape index (κ2) is 9.14. The number of nitrogens with zero attached hydrogens (tertiary/aromatic N) is 3. The fourth-order valence-corrected chi connectivity index (χ4v) is 6.09. The maximum atomic E-state index is 12.5. The highest BCUT2D eigenvalue weighted by molar-refractivity contribution is 7.90. The smallest absolute Gasteiger partial charge is 0.222 e. The summed E-state index contributed by atoms with van der Waals surface area (Å²) in [5.74, 6) is 0.108. The molecule has 158 valence electrons. The molecule has 3 aromatic rings. The van der Waals surface area contributed by atoms with Crippen molar-refractivity contribution >= 4 is 42.4 Å². The molecule has 0 radical (unpaired) electrons. The molecule has 8 heteroatoms. The molecule has 2 aromatic carbocycles. The molecule has 1 aliphatic rings. The van der Waals surface area contributed by atoms with Gasteiger partial charge in [0.05, 0.1) is 21.7 Å². The Bertz CT molecular complexity index is 1070. The van der Waals surface area contributed by atoms with Gasteiger partial charge in [-0.15, -0.1) is 0 Å². The van der Waals surface area contributed by atoms with Crippen molar-refractivity contribution in [1.29, 1.82) is 0 Å². The van der Waals surface area contributed by atoms with Crippen molar-refractivity contribution in [1.82, 2.24) is 9.88 Å². The molecule has 0 unspecified atom stereocenters. The monoisotopic (exact) mass is 443 g/mol. The highest BCUT2D eigenvalue weighted by atomic mass is 32.2. The number of thiazole rings is 1. The summed E-state index contributed by atoms with van der Waals surface area (Å²) >= 11 is 1.68. The lowest BCUT2D eigenvalue weighted by Crippen LogP contribution is -2.48. The Morgan fingerprint density at radius 2 is 1.67 bits per heavy atom. The van der Waals surface area contributed by atoms with Crippen molar-refractivity contribution in [3.8, 4) is 0 Å². The van der Waals surface area contributed by atoms with Gasteiger partial charge in [-0.3, -0.25) is 4.79 Å². The van der Waals surface area contributed by atoms with E-state index in [0.29, 0.717) is 19.5 Å². The number of hydrogen-bond donors (Lipinski definition) is 0. The zero-order valence-electron chi connectivity index (χ0n) is 16.7. The van der Waals surface area contributed by atoms with Gasteiger partial charge in [-0.2, -0.15) is 0 Å². The largest absolute Gasteiger partial charge is 0.345 e. The topological polar surface area (TPSA) is 70.6 Å². The summed E-state index contributed by atoms with van der Waals surface area (Å²) in [6.07, 6.45) is 0.640. The second-order valence-corrected chi connectivity index (χ2v) is 10.7. The van der Waals surface area contributed by atoms with Gasteiger partial charge in [-0.25, -0.2) is 13.4 Å². The predicted molar refractivity (Wildman–Crippen MR) is 122 cm³/mol. The Labute approximate surface area is 181 Å². The van der Waals surface area contributed by atoms with Crippen LogP contribution in [0.1, 0.15) is 18.4 Å². The first kappa shape index (κ1) is 20.8. The standard InChI is InChI=1S/C22H25N3O3S2/c26-21(11-6-16-30(27,28)17-18-7-2-1-3-8-18)24-12-14-25(15-13-24)22-23-19-9-4-5-10-20(19)29-22/h1-5,7-10H,6,11-17H2. The van der Waals surface area contributed by atoms with Gasteiger partial charge in [0.1, 0.15) is 0 Å². The average Bonchev–Trinajstić information content (AvgIpc) is 3.18. The Morgan fingerprint density at radius 3 is 2.40 bits per heavy atom. The molecule has 0 N–H and O–H groups in total. The number of piperazine rings is 1. The number of para-hydroxylation sites is 1. The van der Waals surface area contributed by atoms with Crippen LogP contribution in [0.25, 0.3) is 10.2 Å². The second-order valence-electron chi connectivity index (χ2n) is 7.51. The van der Waals surface area contributed by atoms with Crippen LogP contribution < -0.4 is 4.90 Å². The molecule has 0 spiro atoms. The molecule has 1 aliphatic heterocycles. The van der Waals surface area contributed by atoms with E-state index in [4.69, 9.17) is 4.98 Å². The molecule has 0 aliphatic carbocycles. The van der Waals surface area contributed by atoms with E-state index in [1.807, 2.05) is 53.4 Å². The first-order valence-corrected chi connectivity index (χ1v) is 12.8. The van der Waals surface area contributed by atoms with E-state index in [2.05, 4.69) is 11.0 Å². The Hall–Kier alpha value is -2.45. The van der Waals surface area contributed by atoms with E-state index in [-0.39, 0.29) is 23.8 Å². The van der Waals surface area contributed by atoms with Crippen molar-refractivity contribution in [2.45, 2.75) is 18.6 Å². The first-order chi connectivity index (χ1) is 14.5. The molecule has 6 nitrogen and oxygen atoms in total. The lowest BCUT2D eigenvalue weighted by atomic mass is 10.2. The number of benzene rings is 2. The van der Waals surface area contributed by atoms with E-state index in [9.17, 15) is 13.2 Å². The summed E-state index contributed by atoms with van der Waals surface area (Å²) in [5.41, 5.74) is 1.79. The minimum absolute atomic E-state index is 0.0306. The van der Waals surface area contributed by atoms with Gasteiger partial charge in [0.2, 0.25) is 5.91 Å². The number of aromatic nitrogens is 1. The van der Waals surface area contributed by atoms with Crippen LogP contribution >= 0.6 is 11.3 Å². The third-order valence-corrected chi connectivity index (χ3v) is 8.04. The number of amides is 1. The van der Waals surface area contributed by atoms with E-state index in [0.717, 1.165) is 29.3 Å². The maximum Gasteiger partial charge on any atom is 0.222 e. The van der Waals surface area contributed by atoms with Gasteiger partial charge in [-0.05, 0) is 24.1 Å². The van der Waals surface area contributed by atoms with Crippen LogP contribution in [0.5, 0.6) is 0 Å². The van der Waals surface area contributed by atoms with Crippen LogP contribution in [0, 0.1) is 0 Å². The van der Waals surface area contributed by atoms with Crippen LogP contribution in [0.3, 0.4) is 0 Å². The van der Waals surface area contributed by atoms with Crippen LogP contribution in [-0.4, -0.2) is 56.1 Å². The fourth-order valence-electron chi connectivity index (χ4n) is 3.64. The lowest BCUT2D eigenvalue weighted by Gasteiger charge is -2.34. The quantitative estimate of drug-likeness (QED) is 0.560. The summed E-state index contributed by atoms with van der Waals surface area (Å²) < 4.78 is 25.8. The SMILES string of the molecule is O=C(CCCS(=O)(=O)Cc1ccccc1)N1CCN(c2nc3ccccc3s2)CC1. The minimum atomic E-state index is -3.20. The highest BCUT2D eigenvalue weighted by Crippen LogP contribution is 2.29. The number of sulfone groups is 1. The number of carbonyl (C=O) groups is 1. The van der Waals surface area contributed by atoms with Crippen LogP contribution in [0.4, 0.5) is 5.13 Å². The summed E-state index contributed by atoms with van der Waals surface area (Å²) in [6, 6.07) is 17.3. The van der Waals surface area contributed by atoms with E-state index < -0.39 is 9.84 Å². The van der Waals surface area contributed by atoms with Crippen molar-refractivity contribution in [2.24, 2.45) is 0 Å². The molecule has 1 saturated heterocycles. The lowest BCUT2D eigenvalue weighted by molar-refractivity contribution is -0.131. The van der Waals surface area contributed by atoms with Gasteiger partial charge >= 0.3 is 0 Å². The Morgan fingerprint density at radius 1 is 0.967 bits per heavy atom. The average molecular weight is 444 g/mol. The molecule has 0 saturated carbocycles. The summed E-state index contributed by atoms with van der Waals surface area (Å²) in [4.78, 5) is 21.3. The molecule has 1 fully saturated rings. The molecule has 0 bridgehead atoms. The molecule has 0 atom stereocenters. The zero-order valence-corrected chi connectivity index (χ0v) is 18.4. The highest BCUT2D eigenvalue weighted by Gasteiger charge is 2.23. The minimum Gasteiger partial charge on any atom is -0.345 e. The van der Waals surface area contributed by atoms with E-state index >= 15 is 0 Å².